The van der Waals surface area contributed by atoms with Gasteiger partial charge in [0.15, 0.2) is 11.5 Å². The zero-order chi connectivity index (χ0) is 19.7. The number of benzene rings is 1. The molecule has 2 aromatic rings. The third kappa shape index (κ3) is 3.64. The average Bonchev–Trinajstić information content (AvgIpc) is 3.14. The van der Waals surface area contributed by atoms with Crippen LogP contribution in [0.3, 0.4) is 0 Å². The van der Waals surface area contributed by atoms with E-state index in [0.717, 1.165) is 23.9 Å². The zero-order valence-electron chi connectivity index (χ0n) is 15.4. The van der Waals surface area contributed by atoms with Gasteiger partial charge in [-0.05, 0) is 24.7 Å². The molecule has 4 rings (SSSR count). The van der Waals surface area contributed by atoms with Crippen molar-refractivity contribution in [1.82, 2.24) is 24.9 Å². The largest absolute Gasteiger partial charge is 0.454 e. The Morgan fingerprint density at radius 3 is 2.68 bits per heavy atom. The van der Waals surface area contributed by atoms with Crippen LogP contribution in [-0.4, -0.2) is 65.4 Å². The van der Waals surface area contributed by atoms with Gasteiger partial charge in [-0.1, -0.05) is 6.07 Å². The highest BCUT2D eigenvalue weighted by atomic mass is 16.7. The van der Waals surface area contributed by atoms with Gasteiger partial charge in [-0.25, -0.2) is 9.80 Å². The number of H-pyrrole nitrogens is 1. The van der Waals surface area contributed by atoms with E-state index in [9.17, 15) is 14.4 Å². The molecule has 0 aliphatic carbocycles. The lowest BCUT2D eigenvalue weighted by Crippen LogP contribution is -2.53. The number of carbonyl (C=O) groups is 1. The van der Waals surface area contributed by atoms with Gasteiger partial charge in [0.25, 0.3) is 11.5 Å². The summed E-state index contributed by atoms with van der Waals surface area (Å²) < 4.78 is 11.6. The van der Waals surface area contributed by atoms with E-state index in [0.29, 0.717) is 30.2 Å². The third-order valence-electron chi connectivity index (χ3n) is 4.85. The van der Waals surface area contributed by atoms with Gasteiger partial charge in [0.1, 0.15) is 5.56 Å². The minimum absolute atomic E-state index is 0.0143. The molecule has 10 heteroatoms. The van der Waals surface area contributed by atoms with Crippen molar-refractivity contribution in [2.45, 2.75) is 6.54 Å². The normalized spacial score (nSPS) is 16.9. The van der Waals surface area contributed by atoms with Crippen molar-refractivity contribution >= 4 is 5.91 Å². The number of carbonyl (C=O) groups excluding carboxylic acids is 1. The monoisotopic (exact) mass is 387 g/mol. The Morgan fingerprint density at radius 1 is 1.14 bits per heavy atom. The Labute approximate surface area is 160 Å². The topological polar surface area (TPSA) is 109 Å². The van der Waals surface area contributed by atoms with E-state index < -0.39 is 17.2 Å². The van der Waals surface area contributed by atoms with Crippen LogP contribution in [0.25, 0.3) is 0 Å². The Kier molecular flexibility index (Phi) is 4.88. The number of aromatic nitrogens is 2. The molecule has 1 fully saturated rings. The molecule has 2 N–H and O–H groups in total. The van der Waals surface area contributed by atoms with Crippen molar-refractivity contribution in [2.75, 3.05) is 40.0 Å². The van der Waals surface area contributed by atoms with E-state index in [1.165, 1.54) is 0 Å². The summed E-state index contributed by atoms with van der Waals surface area (Å²) in [6.45, 7) is 3.12. The number of aromatic amines is 1. The summed E-state index contributed by atoms with van der Waals surface area (Å²) in [4.78, 5) is 42.1. The lowest BCUT2D eigenvalue weighted by atomic mass is 10.2. The first kappa shape index (κ1) is 18.3. The van der Waals surface area contributed by atoms with Crippen LogP contribution in [0.2, 0.25) is 0 Å². The SMILES string of the molecule is CN1CCN(NC(=O)c2c[nH]c(=O)n(Cc3ccc4c(c3)OCO4)c2=O)CC1. The maximum atomic E-state index is 12.8. The van der Waals surface area contributed by atoms with Gasteiger partial charge < -0.3 is 19.4 Å². The van der Waals surface area contributed by atoms with E-state index in [2.05, 4.69) is 15.3 Å². The van der Waals surface area contributed by atoms with Gasteiger partial charge in [0.05, 0.1) is 6.54 Å². The highest BCUT2D eigenvalue weighted by molar-refractivity contribution is 5.93. The molecule has 0 bridgehead atoms. The molecule has 1 aromatic heterocycles. The summed E-state index contributed by atoms with van der Waals surface area (Å²) in [6, 6.07) is 5.18. The number of nitrogens with zero attached hydrogens (tertiary/aromatic N) is 3. The molecular formula is C18H21N5O5. The molecule has 2 aliphatic heterocycles. The van der Waals surface area contributed by atoms with E-state index in [1.54, 1.807) is 23.2 Å². The summed E-state index contributed by atoms with van der Waals surface area (Å²) in [5.41, 5.74) is 2.08. The third-order valence-corrected chi connectivity index (χ3v) is 4.85. The highest BCUT2D eigenvalue weighted by Gasteiger charge is 2.20. The number of hydrazine groups is 1. The minimum Gasteiger partial charge on any atom is -0.454 e. The molecule has 2 aliphatic rings. The number of hydrogen-bond donors (Lipinski definition) is 2. The van der Waals surface area contributed by atoms with Gasteiger partial charge >= 0.3 is 5.69 Å². The van der Waals surface area contributed by atoms with E-state index in [-0.39, 0.29) is 18.9 Å². The molecule has 1 aromatic carbocycles. The van der Waals surface area contributed by atoms with Crippen LogP contribution in [-0.2, 0) is 6.54 Å². The van der Waals surface area contributed by atoms with Gasteiger partial charge in [-0.2, -0.15) is 0 Å². The van der Waals surface area contributed by atoms with Gasteiger partial charge in [0.2, 0.25) is 6.79 Å². The van der Waals surface area contributed by atoms with Gasteiger partial charge in [0, 0.05) is 32.4 Å². The molecule has 10 nitrogen and oxygen atoms in total. The van der Waals surface area contributed by atoms with Crippen molar-refractivity contribution in [2.24, 2.45) is 0 Å². The second-order valence-corrected chi connectivity index (χ2v) is 6.82. The first-order valence-electron chi connectivity index (χ1n) is 8.97. The smallest absolute Gasteiger partial charge is 0.328 e. The predicted molar refractivity (Wildman–Crippen MR) is 99.5 cm³/mol. The lowest BCUT2D eigenvalue weighted by Gasteiger charge is -2.32. The molecular weight excluding hydrogens is 366 g/mol. The van der Waals surface area contributed by atoms with Crippen LogP contribution in [0.1, 0.15) is 15.9 Å². The predicted octanol–water partition coefficient (Wildman–Crippen LogP) is -0.794. The van der Waals surface area contributed by atoms with Crippen LogP contribution >= 0.6 is 0 Å². The Hall–Kier alpha value is -3.11. The molecule has 0 radical (unpaired) electrons. The molecule has 3 heterocycles. The average molecular weight is 387 g/mol. The van der Waals surface area contributed by atoms with Gasteiger partial charge in [-0.3, -0.25) is 19.6 Å². The number of hydrogen-bond acceptors (Lipinski definition) is 7. The Bertz CT molecular complexity index is 1010. The van der Waals surface area contributed by atoms with Crippen LogP contribution in [0.4, 0.5) is 0 Å². The van der Waals surface area contributed by atoms with Crippen molar-refractivity contribution in [3.05, 3.63) is 56.4 Å². The summed E-state index contributed by atoms with van der Waals surface area (Å²) in [6.07, 6.45) is 1.16. The van der Waals surface area contributed by atoms with Crippen molar-refractivity contribution in [3.63, 3.8) is 0 Å². The quantitative estimate of drug-likeness (QED) is 0.707. The minimum atomic E-state index is -0.645. The molecule has 28 heavy (non-hydrogen) atoms. The van der Waals surface area contributed by atoms with Crippen molar-refractivity contribution < 1.29 is 14.3 Å². The number of rotatable bonds is 4. The summed E-state index contributed by atoms with van der Waals surface area (Å²) in [5.74, 6) is 0.640. The van der Waals surface area contributed by atoms with Crippen LogP contribution in [0.5, 0.6) is 11.5 Å². The molecule has 1 saturated heterocycles. The fourth-order valence-electron chi connectivity index (χ4n) is 3.16. The standard InChI is InChI=1S/C18H21N5O5/c1-21-4-6-22(7-5-21)20-16(24)13-9-19-18(26)23(17(13)25)10-12-2-3-14-15(8-12)28-11-27-14/h2-3,8-9H,4-7,10-11H2,1H3,(H,19,26)(H,20,24). The maximum Gasteiger partial charge on any atom is 0.328 e. The number of fused-ring (bicyclic) bond motifs is 1. The van der Waals surface area contributed by atoms with Gasteiger partial charge in [-0.15, -0.1) is 0 Å². The molecule has 148 valence electrons. The first-order valence-corrected chi connectivity index (χ1v) is 8.97. The van der Waals surface area contributed by atoms with Crippen LogP contribution in [0, 0.1) is 0 Å². The fraction of sp³-hybridized carbons (Fsp3) is 0.389. The second kappa shape index (κ2) is 7.49. The van der Waals surface area contributed by atoms with E-state index >= 15 is 0 Å². The molecule has 1 amide bonds. The zero-order valence-corrected chi connectivity index (χ0v) is 15.4. The molecule has 0 saturated carbocycles. The van der Waals surface area contributed by atoms with Crippen molar-refractivity contribution in [1.29, 1.82) is 0 Å². The molecule has 0 atom stereocenters. The molecule has 0 unspecified atom stereocenters. The number of likely N-dealkylation sites (N-methyl/N-ethyl adjacent to an activating group) is 1. The van der Waals surface area contributed by atoms with Crippen LogP contribution in [0.15, 0.2) is 34.0 Å². The Balaban J connectivity index is 1.55. The Morgan fingerprint density at radius 2 is 1.89 bits per heavy atom. The number of ether oxygens (including phenoxy) is 2. The van der Waals surface area contributed by atoms with E-state index in [1.807, 2.05) is 7.05 Å². The molecule has 0 spiro atoms. The number of nitrogens with one attached hydrogen (secondary N) is 2. The maximum absolute atomic E-state index is 12.8. The lowest BCUT2D eigenvalue weighted by molar-refractivity contribution is 0.0660. The second-order valence-electron chi connectivity index (χ2n) is 6.82. The first-order chi connectivity index (χ1) is 13.5. The number of piperazine rings is 1. The highest BCUT2D eigenvalue weighted by Crippen LogP contribution is 2.32. The fourth-order valence-corrected chi connectivity index (χ4v) is 3.16. The van der Waals surface area contributed by atoms with Crippen molar-refractivity contribution in [3.8, 4) is 11.5 Å². The van der Waals surface area contributed by atoms with E-state index in [4.69, 9.17) is 9.47 Å². The summed E-state index contributed by atoms with van der Waals surface area (Å²) in [5, 5.41) is 1.77. The van der Waals surface area contributed by atoms with Crippen LogP contribution < -0.4 is 26.1 Å². The number of amides is 1. The summed E-state index contributed by atoms with van der Waals surface area (Å²) >= 11 is 0. The summed E-state index contributed by atoms with van der Waals surface area (Å²) in [7, 11) is 2.01.